The van der Waals surface area contributed by atoms with Gasteiger partial charge in [-0.25, -0.2) is 9.67 Å². The molecule has 0 radical (unpaired) electrons. The Labute approximate surface area is 205 Å². The van der Waals surface area contributed by atoms with E-state index >= 15 is 0 Å². The molecule has 1 saturated heterocycles. The summed E-state index contributed by atoms with van der Waals surface area (Å²) in [6.45, 7) is 10.3. The number of nitrogen functional groups attached to an aromatic ring is 1. The fourth-order valence-corrected chi connectivity index (χ4v) is 4.60. The number of anilines is 1. The molecule has 0 spiro atoms. The molecule has 1 fully saturated rings. The minimum Gasteiger partial charge on any atom is -0.379 e. The summed E-state index contributed by atoms with van der Waals surface area (Å²) >= 11 is 0. The van der Waals surface area contributed by atoms with Crippen LogP contribution in [-0.4, -0.2) is 73.7 Å². The van der Waals surface area contributed by atoms with Gasteiger partial charge in [0.1, 0.15) is 5.82 Å². The number of hydrogen-bond acceptors (Lipinski definition) is 8. The molecular formula is C25H33N9O. The summed E-state index contributed by atoms with van der Waals surface area (Å²) in [6.07, 6.45) is 4.39. The van der Waals surface area contributed by atoms with Gasteiger partial charge in [-0.2, -0.15) is 19.7 Å². The summed E-state index contributed by atoms with van der Waals surface area (Å²) in [7, 11) is 0. The number of aromatic nitrogens is 6. The van der Waals surface area contributed by atoms with Crippen molar-refractivity contribution >= 4 is 11.6 Å². The number of para-hydroxylation sites is 1. The summed E-state index contributed by atoms with van der Waals surface area (Å²) in [5.41, 5.74) is 11.4. The highest BCUT2D eigenvalue weighted by atomic mass is 16.5. The Morgan fingerprint density at radius 1 is 1.11 bits per heavy atom. The number of nitrogens with two attached hydrogens (primary N) is 1. The van der Waals surface area contributed by atoms with Gasteiger partial charge in [-0.05, 0) is 23.6 Å². The number of hydrogen-bond donors (Lipinski definition) is 2. The van der Waals surface area contributed by atoms with Crippen LogP contribution in [0.25, 0.3) is 11.3 Å². The molecule has 3 N–H and O–H groups in total. The zero-order valence-electron chi connectivity index (χ0n) is 20.4. The normalized spacial score (nSPS) is 14.8. The fraction of sp³-hybridized carbons (Fsp3) is 0.440. The molecule has 0 aliphatic carbocycles. The van der Waals surface area contributed by atoms with Crippen molar-refractivity contribution in [3.63, 3.8) is 0 Å². The molecular weight excluding hydrogens is 442 g/mol. The van der Waals surface area contributed by atoms with Crippen LogP contribution in [0.5, 0.6) is 0 Å². The zero-order valence-corrected chi connectivity index (χ0v) is 20.4. The molecule has 0 unspecified atom stereocenters. The minimum atomic E-state index is 0.232. The van der Waals surface area contributed by atoms with E-state index in [0.717, 1.165) is 67.5 Å². The number of benzene rings is 1. The Hall–Kier alpha value is -3.34. The zero-order chi connectivity index (χ0) is 24.2. The molecule has 1 aliphatic heterocycles. The van der Waals surface area contributed by atoms with Crippen molar-refractivity contribution in [2.24, 2.45) is 0 Å². The van der Waals surface area contributed by atoms with E-state index in [9.17, 15) is 0 Å². The average molecular weight is 476 g/mol. The SMILES string of the molecule is CC(C)c1c(Cc2ccccc2-n2cccn2)nn2c(N)nc(CNCCN3CCOCC3)nc12. The number of nitrogens with zero attached hydrogens (tertiary/aromatic N) is 7. The third-order valence-electron chi connectivity index (χ3n) is 6.34. The van der Waals surface area contributed by atoms with Gasteiger partial charge in [0.05, 0.1) is 31.1 Å². The van der Waals surface area contributed by atoms with Gasteiger partial charge in [0.15, 0.2) is 5.65 Å². The lowest BCUT2D eigenvalue weighted by Crippen LogP contribution is -2.40. The highest BCUT2D eigenvalue weighted by molar-refractivity contribution is 5.56. The molecule has 4 heterocycles. The highest BCUT2D eigenvalue weighted by Crippen LogP contribution is 2.28. The molecule has 1 aromatic carbocycles. The molecule has 10 heteroatoms. The maximum Gasteiger partial charge on any atom is 0.225 e. The molecule has 35 heavy (non-hydrogen) atoms. The van der Waals surface area contributed by atoms with Gasteiger partial charge in [-0.3, -0.25) is 4.90 Å². The minimum absolute atomic E-state index is 0.232. The number of rotatable bonds is 9. The summed E-state index contributed by atoms with van der Waals surface area (Å²) in [5, 5.41) is 12.7. The number of nitrogens with one attached hydrogen (secondary N) is 1. The highest BCUT2D eigenvalue weighted by Gasteiger charge is 2.21. The van der Waals surface area contributed by atoms with Gasteiger partial charge in [-0.15, -0.1) is 0 Å². The van der Waals surface area contributed by atoms with E-state index in [0.29, 0.717) is 24.7 Å². The van der Waals surface area contributed by atoms with Crippen molar-refractivity contribution in [2.75, 3.05) is 45.1 Å². The lowest BCUT2D eigenvalue weighted by atomic mass is 9.98. The standard InChI is InChI=1S/C25H33N9O/c1-18(2)23-20(16-19-6-3-4-7-21(19)33-10-5-8-28-33)31-34-24(23)29-22(30-25(34)26)17-27-9-11-32-12-14-35-15-13-32/h3-8,10,18,27H,9,11-17H2,1-2H3,(H2,26,29,30). The van der Waals surface area contributed by atoms with Crippen LogP contribution in [0.15, 0.2) is 42.7 Å². The first-order chi connectivity index (χ1) is 17.1. The fourth-order valence-electron chi connectivity index (χ4n) is 4.60. The predicted molar refractivity (Wildman–Crippen MR) is 135 cm³/mol. The lowest BCUT2D eigenvalue weighted by Gasteiger charge is -2.26. The Kier molecular flexibility index (Phi) is 7.03. The molecule has 0 amide bonds. The van der Waals surface area contributed by atoms with Crippen LogP contribution in [0, 0.1) is 0 Å². The smallest absolute Gasteiger partial charge is 0.225 e. The maximum atomic E-state index is 6.35. The molecule has 4 aromatic rings. The van der Waals surface area contributed by atoms with Crippen molar-refractivity contribution in [1.82, 2.24) is 39.6 Å². The van der Waals surface area contributed by atoms with Crippen LogP contribution < -0.4 is 11.1 Å². The first-order valence-electron chi connectivity index (χ1n) is 12.2. The van der Waals surface area contributed by atoms with Crippen molar-refractivity contribution < 1.29 is 4.74 Å². The molecule has 0 bridgehead atoms. The second kappa shape index (κ2) is 10.5. The van der Waals surface area contributed by atoms with Crippen molar-refractivity contribution in [3.05, 3.63) is 65.4 Å². The van der Waals surface area contributed by atoms with E-state index in [1.807, 2.05) is 29.1 Å². The molecule has 3 aromatic heterocycles. The van der Waals surface area contributed by atoms with E-state index in [4.69, 9.17) is 20.6 Å². The largest absolute Gasteiger partial charge is 0.379 e. The molecule has 10 nitrogen and oxygen atoms in total. The molecule has 0 atom stereocenters. The summed E-state index contributed by atoms with van der Waals surface area (Å²) in [4.78, 5) is 11.8. The second-order valence-electron chi connectivity index (χ2n) is 9.14. The lowest BCUT2D eigenvalue weighted by molar-refractivity contribution is 0.0384. The summed E-state index contributed by atoms with van der Waals surface area (Å²) < 4.78 is 8.98. The van der Waals surface area contributed by atoms with E-state index < -0.39 is 0 Å². The Bertz CT molecular complexity index is 1260. The molecule has 5 rings (SSSR count). The van der Waals surface area contributed by atoms with Crippen molar-refractivity contribution in [3.8, 4) is 5.69 Å². The monoisotopic (exact) mass is 475 g/mol. The Morgan fingerprint density at radius 2 is 1.94 bits per heavy atom. The van der Waals surface area contributed by atoms with E-state index in [1.54, 1.807) is 10.7 Å². The van der Waals surface area contributed by atoms with Gasteiger partial charge >= 0.3 is 0 Å². The third-order valence-corrected chi connectivity index (χ3v) is 6.34. The molecule has 1 aliphatic rings. The van der Waals surface area contributed by atoms with Gasteiger partial charge in [0.25, 0.3) is 0 Å². The van der Waals surface area contributed by atoms with Crippen LogP contribution in [0.1, 0.15) is 42.4 Å². The topological polar surface area (TPSA) is 111 Å². The van der Waals surface area contributed by atoms with Crippen LogP contribution >= 0.6 is 0 Å². The first-order valence-corrected chi connectivity index (χ1v) is 12.2. The Morgan fingerprint density at radius 3 is 2.71 bits per heavy atom. The van der Waals surface area contributed by atoms with Crippen molar-refractivity contribution in [1.29, 1.82) is 0 Å². The maximum absolute atomic E-state index is 6.35. The number of morpholine rings is 1. The van der Waals surface area contributed by atoms with E-state index in [2.05, 4.69) is 46.3 Å². The average Bonchev–Trinajstić information content (AvgIpc) is 3.51. The quantitative estimate of drug-likeness (QED) is 0.354. The van der Waals surface area contributed by atoms with Crippen molar-refractivity contribution in [2.45, 2.75) is 32.7 Å². The number of fused-ring (bicyclic) bond motifs is 1. The van der Waals surface area contributed by atoms with Crippen LogP contribution in [0.2, 0.25) is 0 Å². The number of ether oxygens (including phenoxy) is 1. The first kappa shape index (κ1) is 23.4. The van der Waals surface area contributed by atoms with Crippen LogP contribution in [0.3, 0.4) is 0 Å². The van der Waals surface area contributed by atoms with Gasteiger partial charge in [-0.1, -0.05) is 32.0 Å². The van der Waals surface area contributed by atoms with Gasteiger partial charge in [0.2, 0.25) is 5.95 Å². The van der Waals surface area contributed by atoms with Gasteiger partial charge in [0, 0.05) is 50.6 Å². The van der Waals surface area contributed by atoms with E-state index in [-0.39, 0.29) is 5.92 Å². The van der Waals surface area contributed by atoms with E-state index in [1.165, 1.54) is 0 Å². The summed E-state index contributed by atoms with van der Waals surface area (Å²) in [6, 6.07) is 10.2. The van der Waals surface area contributed by atoms with Gasteiger partial charge < -0.3 is 15.8 Å². The van der Waals surface area contributed by atoms with Crippen LogP contribution in [-0.2, 0) is 17.7 Å². The summed E-state index contributed by atoms with van der Waals surface area (Å²) in [5.74, 6) is 1.27. The molecule has 0 saturated carbocycles. The Balaban J connectivity index is 1.38. The molecule has 184 valence electrons. The second-order valence-corrected chi connectivity index (χ2v) is 9.14. The van der Waals surface area contributed by atoms with Crippen LogP contribution in [0.4, 0.5) is 5.95 Å². The predicted octanol–water partition coefficient (Wildman–Crippen LogP) is 2.03. The third kappa shape index (κ3) is 5.19.